The highest BCUT2D eigenvalue weighted by Gasteiger charge is 2.23. The lowest BCUT2D eigenvalue weighted by atomic mass is 9.94. The maximum absolute atomic E-state index is 5.06. The topological polar surface area (TPSA) is 37.5 Å². The van der Waals surface area contributed by atoms with Crippen LogP contribution in [0.1, 0.15) is 13.8 Å². The van der Waals surface area contributed by atoms with Crippen LogP contribution in [0.3, 0.4) is 0 Å². The predicted molar refractivity (Wildman–Crippen MR) is 139 cm³/mol. The number of H-pyrrole nitrogens is 1. The second kappa shape index (κ2) is 8.31. The van der Waals surface area contributed by atoms with Crippen LogP contribution in [0.25, 0.3) is 56.0 Å². The molecule has 0 unspecified atom stereocenters. The van der Waals surface area contributed by atoms with Crippen LogP contribution in [-0.4, -0.2) is 14.5 Å². The quantitative estimate of drug-likeness (QED) is 0.291. The van der Waals surface area contributed by atoms with Gasteiger partial charge in [-0.2, -0.15) is 0 Å². The number of para-hydroxylation sites is 4. The largest absolute Gasteiger partial charge is 0.324 e. The molecule has 0 saturated carbocycles. The van der Waals surface area contributed by atoms with E-state index in [1.165, 1.54) is 27.7 Å². The number of hydrogen-bond acceptors (Lipinski definition) is 1. The van der Waals surface area contributed by atoms with Gasteiger partial charge >= 0.3 is 0 Å². The van der Waals surface area contributed by atoms with Gasteiger partial charge in [0.2, 0.25) is 0 Å². The van der Waals surface area contributed by atoms with E-state index in [0.29, 0.717) is 0 Å². The Kier molecular flexibility index (Phi) is 4.99. The van der Waals surface area contributed by atoms with Gasteiger partial charge in [-0.3, -0.25) is 0 Å². The van der Waals surface area contributed by atoms with Gasteiger partial charge in [-0.25, -0.2) is 14.5 Å². The maximum Gasteiger partial charge on any atom is 0.288 e. The lowest BCUT2D eigenvalue weighted by molar-refractivity contribution is -0.656. The molecule has 0 spiro atoms. The summed E-state index contributed by atoms with van der Waals surface area (Å²) in [5.74, 6) is 2.13. The van der Waals surface area contributed by atoms with Crippen molar-refractivity contribution in [1.82, 2.24) is 14.5 Å². The van der Waals surface area contributed by atoms with Crippen LogP contribution in [0.5, 0.6) is 0 Å². The lowest BCUT2D eigenvalue weighted by Gasteiger charge is -2.13. The van der Waals surface area contributed by atoms with Crippen molar-refractivity contribution in [3.8, 4) is 33.9 Å². The van der Waals surface area contributed by atoms with E-state index in [2.05, 4.69) is 125 Å². The van der Waals surface area contributed by atoms with Gasteiger partial charge in [0.05, 0.1) is 23.1 Å². The van der Waals surface area contributed by atoms with Gasteiger partial charge in [-0.1, -0.05) is 66.7 Å². The molecule has 0 radical (unpaired) electrons. The number of aromatic nitrogens is 4. The molecule has 4 nitrogen and oxygen atoms in total. The van der Waals surface area contributed by atoms with Gasteiger partial charge in [0.1, 0.15) is 5.82 Å². The number of aromatic amines is 1. The number of nitrogens with zero attached hydrogens (tertiary/aromatic N) is 3. The average molecular weight is 444 g/mol. The first-order chi connectivity index (χ1) is 16.8. The summed E-state index contributed by atoms with van der Waals surface area (Å²) >= 11 is 0. The molecule has 2 aromatic heterocycles. The van der Waals surface area contributed by atoms with Crippen LogP contribution < -0.4 is 4.57 Å². The molecular formula is C30H27N4+. The van der Waals surface area contributed by atoms with E-state index in [1.54, 1.807) is 0 Å². The third kappa shape index (κ3) is 3.14. The number of imidazole rings is 2. The summed E-state index contributed by atoms with van der Waals surface area (Å²) in [5, 5.41) is 0. The van der Waals surface area contributed by atoms with E-state index in [9.17, 15) is 0 Å². The van der Waals surface area contributed by atoms with Crippen molar-refractivity contribution in [2.75, 3.05) is 0 Å². The lowest BCUT2D eigenvalue weighted by Crippen LogP contribution is -2.33. The Balaban J connectivity index is 1.61. The Morgan fingerprint density at radius 1 is 0.706 bits per heavy atom. The van der Waals surface area contributed by atoms with Gasteiger partial charge in [-0.05, 0) is 55.3 Å². The number of fused-ring (bicyclic) bond motifs is 2. The summed E-state index contributed by atoms with van der Waals surface area (Å²) in [5.41, 5.74) is 9.28. The monoisotopic (exact) mass is 443 g/mol. The Morgan fingerprint density at radius 3 is 2.09 bits per heavy atom. The van der Waals surface area contributed by atoms with Crippen LogP contribution >= 0.6 is 0 Å². The van der Waals surface area contributed by atoms with Gasteiger partial charge in [0, 0.05) is 12.1 Å². The third-order valence-corrected chi connectivity index (χ3v) is 6.65. The summed E-state index contributed by atoms with van der Waals surface area (Å²) < 4.78 is 4.67. The maximum atomic E-state index is 5.06. The number of rotatable bonds is 5. The summed E-state index contributed by atoms with van der Waals surface area (Å²) in [6, 6.07) is 34.2. The minimum Gasteiger partial charge on any atom is -0.324 e. The van der Waals surface area contributed by atoms with Crippen LogP contribution in [0.4, 0.5) is 0 Å². The highest BCUT2D eigenvalue weighted by Crippen LogP contribution is 2.38. The molecule has 0 amide bonds. The molecule has 1 N–H and O–H groups in total. The van der Waals surface area contributed by atoms with Crippen molar-refractivity contribution in [3.63, 3.8) is 0 Å². The van der Waals surface area contributed by atoms with Crippen molar-refractivity contribution in [2.24, 2.45) is 0 Å². The van der Waals surface area contributed by atoms with E-state index >= 15 is 0 Å². The summed E-state index contributed by atoms with van der Waals surface area (Å²) in [6.45, 7) is 6.14. The van der Waals surface area contributed by atoms with E-state index < -0.39 is 0 Å². The number of nitrogens with one attached hydrogen (secondary N) is 1. The van der Waals surface area contributed by atoms with Crippen molar-refractivity contribution >= 4 is 22.1 Å². The summed E-state index contributed by atoms with van der Waals surface area (Å²) in [7, 11) is 0. The number of hydrogen-bond donors (Lipinski definition) is 1. The molecule has 166 valence electrons. The standard InChI is InChI=1S/C30H26N4/c1-3-33-27-19-11-9-17-25(27)31-29(33)23-15-7-5-13-21(23)22-14-6-8-16-24(22)30-32-26-18-10-12-20-28(26)34(30)4-2/h5-20H,3-4H2,1-2H3/p+1. The minimum absolute atomic E-state index is 0.865. The molecule has 0 aliphatic rings. The zero-order chi connectivity index (χ0) is 23.1. The van der Waals surface area contributed by atoms with Gasteiger partial charge in [0.15, 0.2) is 11.0 Å². The van der Waals surface area contributed by atoms with Crippen LogP contribution in [0.15, 0.2) is 97.1 Å². The second-order valence-electron chi connectivity index (χ2n) is 8.49. The van der Waals surface area contributed by atoms with Crippen LogP contribution in [0, 0.1) is 0 Å². The number of aryl methyl sites for hydroxylation is 2. The van der Waals surface area contributed by atoms with Crippen LogP contribution in [-0.2, 0) is 13.1 Å². The van der Waals surface area contributed by atoms with Crippen molar-refractivity contribution < 1.29 is 4.57 Å². The Morgan fingerprint density at radius 2 is 1.32 bits per heavy atom. The first-order valence-corrected chi connectivity index (χ1v) is 11.9. The van der Waals surface area contributed by atoms with Crippen molar-refractivity contribution in [1.29, 1.82) is 0 Å². The molecule has 0 aliphatic heterocycles. The molecule has 4 heteroatoms. The first kappa shape index (κ1) is 20.4. The average Bonchev–Trinajstić information content (AvgIpc) is 3.46. The molecule has 6 rings (SSSR count). The molecule has 0 aliphatic carbocycles. The fraction of sp³-hybridized carbons (Fsp3) is 0.133. The Bertz CT molecular complexity index is 1510. The smallest absolute Gasteiger partial charge is 0.288 e. The molecule has 2 heterocycles. The van der Waals surface area contributed by atoms with Crippen molar-refractivity contribution in [2.45, 2.75) is 26.9 Å². The van der Waals surface area contributed by atoms with E-state index in [1.807, 2.05) is 0 Å². The summed E-state index contributed by atoms with van der Waals surface area (Å²) in [6.07, 6.45) is 0. The molecule has 0 bridgehead atoms. The SMILES string of the molecule is CCn1c(-c2ccccc2-c2ccccc2-c2[nH]c3ccccc3[n+]2CC)nc2ccccc21. The second-order valence-corrected chi connectivity index (χ2v) is 8.49. The molecule has 6 aromatic rings. The molecule has 34 heavy (non-hydrogen) atoms. The van der Waals surface area contributed by atoms with E-state index in [4.69, 9.17) is 4.98 Å². The first-order valence-electron chi connectivity index (χ1n) is 11.9. The zero-order valence-corrected chi connectivity index (χ0v) is 19.5. The molecule has 0 saturated heterocycles. The minimum atomic E-state index is 0.865. The zero-order valence-electron chi connectivity index (χ0n) is 19.5. The van der Waals surface area contributed by atoms with Crippen LogP contribution in [0.2, 0.25) is 0 Å². The molecule has 0 atom stereocenters. The highest BCUT2D eigenvalue weighted by molar-refractivity contribution is 5.91. The van der Waals surface area contributed by atoms with E-state index in [0.717, 1.165) is 41.3 Å². The fourth-order valence-corrected chi connectivity index (χ4v) is 5.11. The molecular weight excluding hydrogens is 416 g/mol. The van der Waals surface area contributed by atoms with Gasteiger partial charge < -0.3 is 4.57 Å². The van der Waals surface area contributed by atoms with Crippen molar-refractivity contribution in [3.05, 3.63) is 97.1 Å². The predicted octanol–water partition coefficient (Wildman–Crippen LogP) is 6.85. The van der Waals surface area contributed by atoms with Gasteiger partial charge in [-0.15, -0.1) is 0 Å². The van der Waals surface area contributed by atoms with Gasteiger partial charge in [0.25, 0.3) is 5.82 Å². The highest BCUT2D eigenvalue weighted by atomic mass is 15.1. The Hall–Kier alpha value is -4.18. The molecule has 4 aromatic carbocycles. The number of benzene rings is 4. The third-order valence-electron chi connectivity index (χ3n) is 6.65. The Labute approximate surface area is 199 Å². The summed E-state index contributed by atoms with van der Waals surface area (Å²) in [4.78, 5) is 8.75. The molecule has 0 fully saturated rings. The van der Waals surface area contributed by atoms with E-state index in [-0.39, 0.29) is 0 Å². The fourth-order valence-electron chi connectivity index (χ4n) is 5.11. The normalized spacial score (nSPS) is 11.5.